The second kappa shape index (κ2) is 10.6. The second-order valence-corrected chi connectivity index (χ2v) is 7.70. The van der Waals surface area contributed by atoms with E-state index in [4.69, 9.17) is 0 Å². The van der Waals surface area contributed by atoms with Crippen molar-refractivity contribution in [1.29, 1.82) is 0 Å². The van der Waals surface area contributed by atoms with Crippen LogP contribution >= 0.6 is 0 Å². The molecule has 0 aromatic carbocycles. The minimum Gasteiger partial charge on any atom is -0.367 e. The topological polar surface area (TPSA) is 3.24 Å². The summed E-state index contributed by atoms with van der Waals surface area (Å²) in [5.41, 5.74) is 3.95. The summed E-state index contributed by atoms with van der Waals surface area (Å²) in [6.07, 6.45) is 13.1. The summed E-state index contributed by atoms with van der Waals surface area (Å²) in [5.74, 6) is 2.25. The number of rotatable bonds is 11. The minimum atomic E-state index is 0.564. The summed E-state index contributed by atoms with van der Waals surface area (Å²) < 4.78 is 0. The van der Waals surface area contributed by atoms with E-state index < -0.39 is 0 Å². The van der Waals surface area contributed by atoms with Crippen molar-refractivity contribution in [3.05, 3.63) is 48.2 Å². The molecule has 1 heterocycles. The summed E-state index contributed by atoms with van der Waals surface area (Å²) in [7, 11) is 0. The van der Waals surface area contributed by atoms with Crippen molar-refractivity contribution in [3.63, 3.8) is 0 Å². The van der Waals surface area contributed by atoms with Crippen molar-refractivity contribution in [2.75, 3.05) is 13.1 Å². The third-order valence-electron chi connectivity index (χ3n) is 5.57. The number of allylic oxidation sites excluding steroid dienone is 2. The van der Waals surface area contributed by atoms with Crippen LogP contribution in [0.25, 0.3) is 0 Å². The molecule has 0 aromatic heterocycles. The predicted molar refractivity (Wildman–Crippen MR) is 109 cm³/mol. The lowest BCUT2D eigenvalue weighted by Crippen LogP contribution is -2.26. The molecule has 1 aliphatic heterocycles. The van der Waals surface area contributed by atoms with Gasteiger partial charge in [0.1, 0.15) is 0 Å². The average Bonchev–Trinajstić information content (AvgIpc) is 2.81. The lowest BCUT2D eigenvalue weighted by molar-refractivity contribution is 0.299. The molecule has 1 heteroatoms. The zero-order valence-electron chi connectivity index (χ0n) is 16.8. The van der Waals surface area contributed by atoms with Crippen molar-refractivity contribution < 1.29 is 0 Å². The Kier molecular flexibility index (Phi) is 9.18. The molecule has 2 unspecified atom stereocenters. The highest BCUT2D eigenvalue weighted by atomic mass is 15.2. The Morgan fingerprint density at radius 1 is 1.21 bits per heavy atom. The van der Waals surface area contributed by atoms with Crippen molar-refractivity contribution in [1.82, 2.24) is 4.90 Å². The van der Waals surface area contributed by atoms with Gasteiger partial charge in [-0.15, -0.1) is 6.58 Å². The van der Waals surface area contributed by atoms with Crippen molar-refractivity contribution in [2.45, 2.75) is 66.7 Å². The first-order chi connectivity index (χ1) is 11.4. The van der Waals surface area contributed by atoms with Crippen molar-refractivity contribution >= 4 is 0 Å². The number of hydrogen-bond donors (Lipinski definition) is 0. The van der Waals surface area contributed by atoms with Crippen LogP contribution in [-0.2, 0) is 0 Å². The van der Waals surface area contributed by atoms with Crippen molar-refractivity contribution in [2.24, 2.45) is 17.8 Å². The fourth-order valence-corrected chi connectivity index (χ4v) is 3.79. The summed E-state index contributed by atoms with van der Waals surface area (Å²) in [6, 6.07) is 0. The SMILES string of the molecule is C=CC(CCCC(CCC)C(C)C)CN1CC(/C=C\C)=C(C)C1=C. The standard InChI is InChI=1S/C23H39N/c1-8-12-22(18(4)5)15-11-14-21(10-3)16-24-17-23(13-9-2)19(6)20(24)7/h9-10,13,18,21-22H,3,7-8,11-12,14-17H2,1-2,4-6H3/b13-9-. The first-order valence-corrected chi connectivity index (χ1v) is 9.83. The molecule has 0 fully saturated rings. The van der Waals surface area contributed by atoms with E-state index in [0.29, 0.717) is 5.92 Å². The van der Waals surface area contributed by atoms with Crippen molar-refractivity contribution in [3.8, 4) is 0 Å². The van der Waals surface area contributed by atoms with Crippen LogP contribution in [-0.4, -0.2) is 18.0 Å². The Hall–Kier alpha value is -1.24. The Morgan fingerprint density at radius 3 is 2.46 bits per heavy atom. The Balaban J connectivity index is 2.49. The highest BCUT2D eigenvalue weighted by molar-refractivity contribution is 5.43. The van der Waals surface area contributed by atoms with Gasteiger partial charge in [-0.1, -0.05) is 71.3 Å². The van der Waals surface area contributed by atoms with Gasteiger partial charge in [0, 0.05) is 18.8 Å². The molecule has 0 saturated carbocycles. The maximum Gasteiger partial charge on any atom is 0.0432 e. The Labute approximate surface area is 151 Å². The van der Waals surface area contributed by atoms with E-state index in [2.05, 4.69) is 70.9 Å². The van der Waals surface area contributed by atoms with Gasteiger partial charge in [-0.25, -0.2) is 0 Å². The Bertz CT molecular complexity index is 466. The molecule has 136 valence electrons. The highest BCUT2D eigenvalue weighted by Gasteiger charge is 2.22. The van der Waals surface area contributed by atoms with Gasteiger partial charge in [-0.05, 0) is 49.2 Å². The molecule has 0 aromatic rings. The molecule has 24 heavy (non-hydrogen) atoms. The summed E-state index contributed by atoms with van der Waals surface area (Å²) in [4.78, 5) is 2.43. The minimum absolute atomic E-state index is 0.564. The van der Waals surface area contributed by atoms with Crippen LogP contribution in [0, 0.1) is 17.8 Å². The maximum absolute atomic E-state index is 4.29. The number of nitrogens with zero attached hydrogens (tertiary/aromatic N) is 1. The molecule has 1 rings (SSSR count). The van der Waals surface area contributed by atoms with Gasteiger partial charge >= 0.3 is 0 Å². The van der Waals surface area contributed by atoms with Gasteiger partial charge in [0.2, 0.25) is 0 Å². The first kappa shape index (κ1) is 20.8. The maximum atomic E-state index is 4.29. The van der Waals surface area contributed by atoms with E-state index in [9.17, 15) is 0 Å². The molecule has 0 aliphatic carbocycles. The van der Waals surface area contributed by atoms with Gasteiger partial charge in [-0.2, -0.15) is 0 Å². The average molecular weight is 330 g/mol. The molecular formula is C23H39N. The van der Waals surface area contributed by atoms with E-state index >= 15 is 0 Å². The summed E-state index contributed by atoms with van der Waals surface area (Å²) >= 11 is 0. The van der Waals surface area contributed by atoms with E-state index in [0.717, 1.165) is 24.9 Å². The van der Waals surface area contributed by atoms with Crippen LogP contribution in [0.15, 0.2) is 48.2 Å². The summed E-state index contributed by atoms with van der Waals surface area (Å²) in [5, 5.41) is 0. The normalized spacial score (nSPS) is 18.1. The number of hydrogen-bond acceptors (Lipinski definition) is 1. The van der Waals surface area contributed by atoms with E-state index in [1.165, 1.54) is 48.9 Å². The molecule has 0 saturated heterocycles. The zero-order chi connectivity index (χ0) is 18.1. The largest absolute Gasteiger partial charge is 0.367 e. The quantitative estimate of drug-likeness (QED) is 0.379. The van der Waals surface area contributed by atoms with Gasteiger partial charge in [0.05, 0.1) is 0 Å². The smallest absolute Gasteiger partial charge is 0.0432 e. The predicted octanol–water partition coefficient (Wildman–Crippen LogP) is 6.75. The molecule has 0 radical (unpaired) electrons. The van der Waals surface area contributed by atoms with Crippen LogP contribution in [0.1, 0.15) is 66.7 Å². The van der Waals surface area contributed by atoms with Gasteiger partial charge in [-0.3, -0.25) is 0 Å². The monoisotopic (exact) mass is 329 g/mol. The third-order valence-corrected chi connectivity index (χ3v) is 5.57. The van der Waals surface area contributed by atoms with Crippen LogP contribution in [0.4, 0.5) is 0 Å². The van der Waals surface area contributed by atoms with Crippen LogP contribution < -0.4 is 0 Å². The zero-order valence-corrected chi connectivity index (χ0v) is 16.8. The fraction of sp³-hybridized carbons (Fsp3) is 0.652. The lowest BCUT2D eigenvalue weighted by atomic mass is 9.85. The van der Waals surface area contributed by atoms with E-state index in [-0.39, 0.29) is 0 Å². The molecule has 1 aliphatic rings. The van der Waals surface area contributed by atoms with Gasteiger partial charge < -0.3 is 4.90 Å². The van der Waals surface area contributed by atoms with Crippen LogP contribution in [0.2, 0.25) is 0 Å². The lowest BCUT2D eigenvalue weighted by Gasteiger charge is -2.26. The van der Waals surface area contributed by atoms with Crippen LogP contribution in [0.3, 0.4) is 0 Å². The molecule has 0 bridgehead atoms. The second-order valence-electron chi connectivity index (χ2n) is 7.70. The molecule has 0 N–H and O–H groups in total. The molecule has 0 spiro atoms. The third kappa shape index (κ3) is 6.00. The molecule has 1 nitrogen and oxygen atoms in total. The van der Waals surface area contributed by atoms with Gasteiger partial charge in [0.15, 0.2) is 0 Å². The summed E-state index contributed by atoms with van der Waals surface area (Å²) in [6.45, 7) is 21.8. The highest BCUT2D eigenvalue weighted by Crippen LogP contribution is 2.30. The van der Waals surface area contributed by atoms with E-state index in [1.807, 2.05) is 0 Å². The molecule has 0 amide bonds. The van der Waals surface area contributed by atoms with E-state index in [1.54, 1.807) is 0 Å². The van der Waals surface area contributed by atoms with Gasteiger partial charge in [0.25, 0.3) is 0 Å². The van der Waals surface area contributed by atoms with Crippen LogP contribution in [0.5, 0.6) is 0 Å². The molecule has 2 atom stereocenters. The first-order valence-electron chi connectivity index (χ1n) is 9.83. The Morgan fingerprint density at radius 2 is 1.92 bits per heavy atom. The molecular weight excluding hydrogens is 290 g/mol. The fourth-order valence-electron chi connectivity index (χ4n) is 3.79.